The van der Waals surface area contributed by atoms with E-state index in [4.69, 9.17) is 0 Å². The van der Waals surface area contributed by atoms with Gasteiger partial charge in [-0.05, 0) is 6.42 Å². The van der Waals surface area contributed by atoms with Crippen molar-refractivity contribution in [3.63, 3.8) is 0 Å². The lowest BCUT2D eigenvalue weighted by molar-refractivity contribution is 0.520. The van der Waals surface area contributed by atoms with Crippen molar-refractivity contribution in [2.75, 3.05) is 0 Å². The number of aryl methyl sites for hydroxylation is 1. The molecule has 0 saturated heterocycles. The standard InChI is InChI=1S/C7H14N2/c1-2-3-4-6-9-7-5-8-9/h5,7-8H,2-4,6H2,1H3. The van der Waals surface area contributed by atoms with Crippen LogP contribution < -0.4 is 0 Å². The van der Waals surface area contributed by atoms with Gasteiger partial charge in [0.1, 0.15) is 0 Å². The van der Waals surface area contributed by atoms with Crippen LogP contribution in [-0.2, 0) is 6.54 Å². The fraction of sp³-hybridized carbons (Fsp3) is 0.714. The lowest BCUT2D eigenvalue weighted by Crippen LogP contribution is -2.05. The second kappa shape index (κ2) is 3.38. The van der Waals surface area contributed by atoms with E-state index in [0.717, 1.165) is 6.54 Å². The fourth-order valence-corrected chi connectivity index (χ4v) is 0.851. The SMILES string of the molecule is CCCCCn1cc[nH]1. The molecule has 0 aromatic carbocycles. The summed E-state index contributed by atoms with van der Waals surface area (Å²) in [5, 5.41) is 3.06. The third kappa shape index (κ3) is 1.96. The maximum atomic E-state index is 3.06. The Balaban J connectivity index is 1.98. The van der Waals surface area contributed by atoms with E-state index >= 15 is 0 Å². The maximum absolute atomic E-state index is 3.06. The molecule has 0 amide bonds. The molecule has 1 rings (SSSR count). The molecule has 0 unspecified atom stereocenters. The summed E-state index contributed by atoms with van der Waals surface area (Å²) in [5.41, 5.74) is 0. The number of nitrogens with zero attached hydrogens (tertiary/aromatic N) is 1. The average molecular weight is 126 g/mol. The number of H-pyrrole nitrogens is 1. The molecule has 0 bridgehead atoms. The highest BCUT2D eigenvalue weighted by atomic mass is 15.3. The van der Waals surface area contributed by atoms with Crippen molar-refractivity contribution < 1.29 is 0 Å². The summed E-state index contributed by atoms with van der Waals surface area (Å²) in [6.45, 7) is 3.38. The topological polar surface area (TPSA) is 20.7 Å². The van der Waals surface area contributed by atoms with Crippen molar-refractivity contribution >= 4 is 0 Å². The molecule has 0 atom stereocenters. The Hall–Kier alpha value is -0.660. The summed E-state index contributed by atoms with van der Waals surface area (Å²) >= 11 is 0. The van der Waals surface area contributed by atoms with Crippen LogP contribution in [0.15, 0.2) is 12.4 Å². The van der Waals surface area contributed by atoms with Crippen LogP contribution >= 0.6 is 0 Å². The predicted molar refractivity (Wildman–Crippen MR) is 38.3 cm³/mol. The summed E-state index contributed by atoms with van der Waals surface area (Å²) in [7, 11) is 0. The molecule has 0 radical (unpaired) electrons. The Kier molecular flexibility index (Phi) is 2.43. The van der Waals surface area contributed by atoms with Crippen molar-refractivity contribution in [1.29, 1.82) is 0 Å². The van der Waals surface area contributed by atoms with E-state index in [-0.39, 0.29) is 0 Å². The molecule has 2 nitrogen and oxygen atoms in total. The van der Waals surface area contributed by atoms with Gasteiger partial charge in [-0.15, -0.1) is 0 Å². The first-order valence-corrected chi connectivity index (χ1v) is 3.63. The average Bonchev–Trinajstić information content (AvgIpc) is 1.76. The monoisotopic (exact) mass is 126 g/mol. The number of aromatic nitrogens is 2. The van der Waals surface area contributed by atoms with Gasteiger partial charge in [0.25, 0.3) is 0 Å². The van der Waals surface area contributed by atoms with Crippen LogP contribution in [0.4, 0.5) is 0 Å². The summed E-state index contributed by atoms with van der Waals surface area (Å²) in [6.07, 6.45) is 7.96. The molecule has 0 aliphatic heterocycles. The van der Waals surface area contributed by atoms with Gasteiger partial charge >= 0.3 is 0 Å². The Morgan fingerprint density at radius 1 is 1.44 bits per heavy atom. The molecule has 9 heavy (non-hydrogen) atoms. The third-order valence-electron chi connectivity index (χ3n) is 1.50. The molecule has 2 heteroatoms. The molecular weight excluding hydrogens is 112 g/mol. The van der Waals surface area contributed by atoms with Gasteiger partial charge in [0.15, 0.2) is 0 Å². The van der Waals surface area contributed by atoms with Crippen LogP contribution in [0.2, 0.25) is 0 Å². The zero-order chi connectivity index (χ0) is 6.53. The van der Waals surface area contributed by atoms with Crippen LogP contribution in [-0.4, -0.2) is 9.78 Å². The van der Waals surface area contributed by atoms with Gasteiger partial charge in [-0.2, -0.15) is 0 Å². The largest absolute Gasteiger partial charge is 0.305 e. The zero-order valence-electron chi connectivity index (χ0n) is 5.93. The van der Waals surface area contributed by atoms with E-state index in [2.05, 4.69) is 22.9 Å². The normalized spacial score (nSPS) is 10.3. The first kappa shape index (κ1) is 6.46. The molecular formula is C7H14N2. The van der Waals surface area contributed by atoms with Crippen LogP contribution in [0.25, 0.3) is 0 Å². The highest BCUT2D eigenvalue weighted by Gasteiger charge is 1.87. The van der Waals surface area contributed by atoms with Gasteiger partial charge in [0.05, 0.1) is 0 Å². The second-order valence-corrected chi connectivity index (χ2v) is 2.35. The summed E-state index contributed by atoms with van der Waals surface area (Å²) in [4.78, 5) is 0. The Bertz CT molecular complexity index is 132. The highest BCUT2D eigenvalue weighted by molar-refractivity contribution is 4.68. The van der Waals surface area contributed by atoms with Gasteiger partial charge in [0.2, 0.25) is 0 Å². The minimum Gasteiger partial charge on any atom is -0.305 e. The molecule has 52 valence electrons. The lowest BCUT2D eigenvalue weighted by Gasteiger charge is -2.07. The molecule has 0 fully saturated rings. The van der Waals surface area contributed by atoms with Gasteiger partial charge in [-0.25, -0.2) is 0 Å². The van der Waals surface area contributed by atoms with Crippen molar-refractivity contribution in [2.45, 2.75) is 32.7 Å². The van der Waals surface area contributed by atoms with Crippen LogP contribution in [0.5, 0.6) is 0 Å². The minimum absolute atomic E-state index is 1.16. The molecule has 0 spiro atoms. The summed E-state index contributed by atoms with van der Waals surface area (Å²) < 4.78 is 2.11. The Labute approximate surface area is 55.9 Å². The first-order chi connectivity index (χ1) is 4.43. The summed E-state index contributed by atoms with van der Waals surface area (Å²) in [5.74, 6) is 0. The van der Waals surface area contributed by atoms with E-state index in [1.807, 2.05) is 6.20 Å². The van der Waals surface area contributed by atoms with E-state index < -0.39 is 0 Å². The molecule has 1 heterocycles. The van der Waals surface area contributed by atoms with Crippen LogP contribution in [0.1, 0.15) is 26.2 Å². The smallest absolute Gasteiger partial charge is 0.0387 e. The van der Waals surface area contributed by atoms with Crippen molar-refractivity contribution in [2.24, 2.45) is 0 Å². The molecule has 0 aliphatic carbocycles. The van der Waals surface area contributed by atoms with E-state index in [1.165, 1.54) is 19.3 Å². The highest BCUT2D eigenvalue weighted by Crippen LogP contribution is 1.96. The number of hydrogen-bond donors (Lipinski definition) is 1. The maximum Gasteiger partial charge on any atom is 0.0387 e. The quantitative estimate of drug-likeness (QED) is 0.596. The Morgan fingerprint density at radius 2 is 2.22 bits per heavy atom. The number of hydrogen-bond acceptors (Lipinski definition) is 0. The van der Waals surface area contributed by atoms with Gasteiger partial charge in [0, 0.05) is 18.9 Å². The van der Waals surface area contributed by atoms with E-state index in [9.17, 15) is 0 Å². The predicted octanol–water partition coefficient (Wildman–Crippen LogP) is 2.01. The lowest BCUT2D eigenvalue weighted by atomic mass is 10.2. The Morgan fingerprint density at radius 3 is 2.67 bits per heavy atom. The fourth-order valence-electron chi connectivity index (χ4n) is 0.851. The first-order valence-electron chi connectivity index (χ1n) is 3.63. The van der Waals surface area contributed by atoms with Crippen molar-refractivity contribution in [3.8, 4) is 0 Å². The zero-order valence-corrected chi connectivity index (χ0v) is 5.93. The van der Waals surface area contributed by atoms with Crippen molar-refractivity contribution in [3.05, 3.63) is 12.4 Å². The molecule has 1 aromatic heterocycles. The molecule has 1 aromatic rings. The van der Waals surface area contributed by atoms with Crippen molar-refractivity contribution in [1.82, 2.24) is 9.78 Å². The van der Waals surface area contributed by atoms with Crippen LogP contribution in [0.3, 0.4) is 0 Å². The molecule has 1 N–H and O–H groups in total. The van der Waals surface area contributed by atoms with E-state index in [0.29, 0.717) is 0 Å². The number of aromatic amines is 1. The number of unbranched alkanes of at least 4 members (excludes halogenated alkanes) is 2. The third-order valence-corrected chi connectivity index (χ3v) is 1.50. The van der Waals surface area contributed by atoms with Gasteiger partial charge in [-0.1, -0.05) is 19.8 Å². The minimum atomic E-state index is 1.16. The van der Waals surface area contributed by atoms with Gasteiger partial charge in [-0.3, -0.25) is 4.68 Å². The van der Waals surface area contributed by atoms with Gasteiger partial charge < -0.3 is 5.10 Å². The van der Waals surface area contributed by atoms with E-state index in [1.54, 1.807) is 0 Å². The summed E-state index contributed by atoms with van der Waals surface area (Å²) in [6, 6.07) is 0. The second-order valence-electron chi connectivity index (χ2n) is 2.35. The number of nitrogens with one attached hydrogen (secondary N) is 1. The molecule has 0 aliphatic rings. The number of rotatable bonds is 4. The van der Waals surface area contributed by atoms with Crippen LogP contribution in [0, 0.1) is 0 Å². The molecule has 0 saturated carbocycles.